The predicted molar refractivity (Wildman–Crippen MR) is 74.8 cm³/mol. The van der Waals surface area contributed by atoms with Crippen molar-refractivity contribution in [2.45, 2.75) is 31.7 Å². The van der Waals surface area contributed by atoms with Crippen LogP contribution in [-0.2, 0) is 9.53 Å². The van der Waals surface area contributed by atoms with Gasteiger partial charge in [0, 0.05) is 12.5 Å². The van der Waals surface area contributed by atoms with Crippen molar-refractivity contribution >= 4 is 5.97 Å². The van der Waals surface area contributed by atoms with Crippen molar-refractivity contribution in [3.05, 3.63) is 18.0 Å². The van der Waals surface area contributed by atoms with Crippen molar-refractivity contribution in [1.82, 2.24) is 4.98 Å². The van der Waals surface area contributed by atoms with Crippen LogP contribution < -0.4 is 15.2 Å². The lowest BCUT2D eigenvalue weighted by Gasteiger charge is -2.18. The molecule has 0 radical (unpaired) electrons. The molecule has 20 heavy (non-hydrogen) atoms. The van der Waals surface area contributed by atoms with Crippen molar-refractivity contribution in [1.29, 1.82) is 0 Å². The van der Waals surface area contributed by atoms with Crippen molar-refractivity contribution < 1.29 is 19.0 Å². The molecule has 0 aromatic carbocycles. The van der Waals surface area contributed by atoms with E-state index in [9.17, 15) is 4.79 Å². The van der Waals surface area contributed by atoms with Gasteiger partial charge >= 0.3 is 5.97 Å². The molecular formula is C14H22N2O4. The summed E-state index contributed by atoms with van der Waals surface area (Å²) in [6, 6.07) is -0.222. The minimum atomic E-state index is -0.222. The van der Waals surface area contributed by atoms with Crippen LogP contribution >= 0.6 is 0 Å². The van der Waals surface area contributed by atoms with E-state index in [1.54, 1.807) is 26.6 Å². The van der Waals surface area contributed by atoms with Gasteiger partial charge in [0.25, 0.3) is 0 Å². The third-order valence-corrected chi connectivity index (χ3v) is 3.10. The topological polar surface area (TPSA) is 83.7 Å². The third-order valence-electron chi connectivity index (χ3n) is 3.10. The van der Waals surface area contributed by atoms with E-state index in [1.165, 1.54) is 7.11 Å². The number of carbonyl (C=O) groups excluding carboxylic acids is 1. The lowest BCUT2D eigenvalue weighted by Crippen LogP contribution is -2.13. The average molecular weight is 282 g/mol. The zero-order valence-corrected chi connectivity index (χ0v) is 12.2. The molecule has 1 atom stereocenters. The van der Waals surface area contributed by atoms with E-state index in [2.05, 4.69) is 9.72 Å². The van der Waals surface area contributed by atoms with E-state index >= 15 is 0 Å². The number of carbonyl (C=O) groups is 1. The summed E-state index contributed by atoms with van der Waals surface area (Å²) in [6.07, 6.45) is 5.95. The number of methoxy groups -OCH3 is 3. The number of hydrogen-bond acceptors (Lipinski definition) is 6. The molecule has 2 N–H and O–H groups in total. The molecule has 0 aliphatic carbocycles. The van der Waals surface area contributed by atoms with Crippen LogP contribution in [0.5, 0.6) is 11.5 Å². The van der Waals surface area contributed by atoms with E-state index in [0.29, 0.717) is 17.9 Å². The van der Waals surface area contributed by atoms with E-state index in [4.69, 9.17) is 15.2 Å². The highest BCUT2D eigenvalue weighted by molar-refractivity contribution is 5.68. The highest BCUT2D eigenvalue weighted by Crippen LogP contribution is 2.33. The Morgan fingerprint density at radius 3 is 2.30 bits per heavy atom. The van der Waals surface area contributed by atoms with E-state index < -0.39 is 0 Å². The second-order valence-electron chi connectivity index (χ2n) is 4.39. The Morgan fingerprint density at radius 1 is 1.20 bits per heavy atom. The molecule has 1 aromatic rings. The Balaban J connectivity index is 2.62. The smallest absolute Gasteiger partial charge is 0.305 e. The maximum Gasteiger partial charge on any atom is 0.305 e. The van der Waals surface area contributed by atoms with Gasteiger partial charge in [-0.25, -0.2) is 0 Å². The van der Waals surface area contributed by atoms with E-state index in [-0.39, 0.29) is 12.0 Å². The number of aromatic nitrogens is 1. The van der Waals surface area contributed by atoms with Crippen LogP contribution in [0.4, 0.5) is 0 Å². The summed E-state index contributed by atoms with van der Waals surface area (Å²) >= 11 is 0. The highest BCUT2D eigenvalue weighted by Gasteiger charge is 2.18. The molecule has 0 fully saturated rings. The molecule has 0 saturated carbocycles. The number of pyridine rings is 1. The molecule has 1 rings (SSSR count). The number of unbranched alkanes of at least 4 members (excludes halogenated alkanes) is 1. The first kappa shape index (κ1) is 16.2. The summed E-state index contributed by atoms with van der Waals surface area (Å²) in [5.41, 5.74) is 7.00. The molecule has 0 amide bonds. The van der Waals surface area contributed by atoms with Gasteiger partial charge in [0.05, 0.1) is 39.3 Å². The molecule has 0 aliphatic rings. The second kappa shape index (κ2) is 8.37. The van der Waals surface area contributed by atoms with Crippen LogP contribution in [0.2, 0.25) is 0 Å². The summed E-state index contributed by atoms with van der Waals surface area (Å²) in [6.45, 7) is 0. The zero-order chi connectivity index (χ0) is 15.0. The van der Waals surface area contributed by atoms with Gasteiger partial charge < -0.3 is 19.9 Å². The van der Waals surface area contributed by atoms with Gasteiger partial charge in [0.2, 0.25) is 0 Å². The fraction of sp³-hybridized carbons (Fsp3) is 0.571. The number of hydrogen-bond donors (Lipinski definition) is 1. The average Bonchev–Trinajstić information content (AvgIpc) is 2.49. The molecule has 0 aliphatic heterocycles. The first-order valence-electron chi connectivity index (χ1n) is 6.52. The largest absolute Gasteiger partial charge is 0.495 e. The Morgan fingerprint density at radius 2 is 1.80 bits per heavy atom. The maximum absolute atomic E-state index is 11.0. The van der Waals surface area contributed by atoms with Gasteiger partial charge in [-0.1, -0.05) is 6.42 Å². The lowest BCUT2D eigenvalue weighted by molar-refractivity contribution is -0.140. The van der Waals surface area contributed by atoms with Gasteiger partial charge in [-0.3, -0.25) is 9.78 Å². The van der Waals surface area contributed by atoms with Gasteiger partial charge in [0.1, 0.15) is 11.5 Å². The number of nitrogens with zero attached hydrogens (tertiary/aromatic N) is 1. The van der Waals surface area contributed by atoms with E-state index in [0.717, 1.165) is 24.8 Å². The summed E-state index contributed by atoms with van der Waals surface area (Å²) in [4.78, 5) is 15.1. The van der Waals surface area contributed by atoms with Gasteiger partial charge in [0.15, 0.2) is 0 Å². The zero-order valence-electron chi connectivity index (χ0n) is 12.2. The Bertz CT molecular complexity index is 415. The predicted octanol–water partition coefficient (Wildman–Crippen LogP) is 1.83. The molecule has 0 bridgehead atoms. The maximum atomic E-state index is 11.0. The fourth-order valence-electron chi connectivity index (χ4n) is 2.00. The summed E-state index contributed by atoms with van der Waals surface area (Å²) in [5.74, 6) is 1.03. The van der Waals surface area contributed by atoms with Crippen LogP contribution in [0, 0.1) is 0 Å². The quantitative estimate of drug-likeness (QED) is 0.578. The number of rotatable bonds is 8. The van der Waals surface area contributed by atoms with E-state index in [1.807, 2.05) is 0 Å². The lowest BCUT2D eigenvalue weighted by atomic mass is 10.0. The SMILES string of the molecule is COC(=O)CCCCC(N)c1c(OC)cncc1OC. The van der Waals surface area contributed by atoms with Crippen LogP contribution in [0.1, 0.15) is 37.3 Å². The van der Waals surface area contributed by atoms with Crippen LogP contribution in [0.3, 0.4) is 0 Å². The first-order chi connectivity index (χ1) is 9.63. The van der Waals surface area contributed by atoms with Crippen LogP contribution in [0.25, 0.3) is 0 Å². The fourth-order valence-corrected chi connectivity index (χ4v) is 2.00. The molecule has 6 heteroatoms. The van der Waals surface area contributed by atoms with Gasteiger partial charge in [-0.05, 0) is 12.8 Å². The minimum Gasteiger partial charge on any atom is -0.495 e. The Labute approximate surface area is 119 Å². The minimum absolute atomic E-state index is 0.197. The summed E-state index contributed by atoms with van der Waals surface area (Å²) in [7, 11) is 4.54. The number of esters is 1. The normalized spacial score (nSPS) is 11.8. The van der Waals surface area contributed by atoms with Crippen molar-refractivity contribution in [3.63, 3.8) is 0 Å². The van der Waals surface area contributed by atoms with Crippen molar-refractivity contribution in [2.24, 2.45) is 5.73 Å². The van der Waals surface area contributed by atoms with Crippen LogP contribution in [-0.4, -0.2) is 32.3 Å². The molecule has 1 heterocycles. The van der Waals surface area contributed by atoms with Gasteiger partial charge in [-0.2, -0.15) is 0 Å². The molecule has 1 unspecified atom stereocenters. The van der Waals surface area contributed by atoms with Crippen LogP contribution in [0.15, 0.2) is 12.4 Å². The molecule has 112 valence electrons. The molecular weight excluding hydrogens is 260 g/mol. The molecule has 0 saturated heterocycles. The Kier molecular flexibility index (Phi) is 6.79. The summed E-state index contributed by atoms with van der Waals surface area (Å²) in [5, 5.41) is 0. The number of ether oxygens (including phenoxy) is 3. The third kappa shape index (κ3) is 4.38. The molecule has 1 aromatic heterocycles. The standard InChI is InChI=1S/C14H22N2O4/c1-18-11-8-16-9-12(19-2)14(11)10(15)6-4-5-7-13(17)20-3/h8-10H,4-7,15H2,1-3H3. The molecule has 6 nitrogen and oxygen atoms in total. The molecule has 0 spiro atoms. The first-order valence-corrected chi connectivity index (χ1v) is 6.52. The summed E-state index contributed by atoms with van der Waals surface area (Å²) < 4.78 is 15.1. The monoisotopic (exact) mass is 282 g/mol. The highest BCUT2D eigenvalue weighted by atomic mass is 16.5. The Hall–Kier alpha value is -1.82. The van der Waals surface area contributed by atoms with Crippen molar-refractivity contribution in [3.8, 4) is 11.5 Å². The second-order valence-corrected chi connectivity index (χ2v) is 4.39. The van der Waals surface area contributed by atoms with Crippen molar-refractivity contribution in [2.75, 3.05) is 21.3 Å². The number of nitrogens with two attached hydrogens (primary N) is 1. The van der Waals surface area contributed by atoms with Gasteiger partial charge in [-0.15, -0.1) is 0 Å².